The summed E-state index contributed by atoms with van der Waals surface area (Å²) in [7, 11) is 0. The second-order valence-electron chi connectivity index (χ2n) is 2.60. The van der Waals surface area contributed by atoms with Gasteiger partial charge in [0, 0.05) is 0 Å². The highest BCUT2D eigenvalue weighted by Gasteiger charge is 2.25. The Bertz CT molecular complexity index is 152. The van der Waals surface area contributed by atoms with Gasteiger partial charge in [-0.25, -0.2) is 0 Å². The predicted octanol–water partition coefficient (Wildman–Crippen LogP) is 0.438. The molecule has 0 aliphatic carbocycles. The largest absolute Gasteiger partial charge is 0.390 e. The number of nitriles is 1. The number of hydrogen-bond donors (Lipinski definition) is 1. The van der Waals surface area contributed by atoms with Crippen molar-refractivity contribution in [3.8, 4) is 6.07 Å². The highest BCUT2D eigenvalue weighted by atomic mass is 16.5. The van der Waals surface area contributed by atoms with Gasteiger partial charge in [0.1, 0.15) is 6.10 Å². The number of aliphatic hydroxyl groups excluding tert-OH is 1. The lowest BCUT2D eigenvalue weighted by atomic mass is 10.0. The van der Waals surface area contributed by atoms with Crippen molar-refractivity contribution >= 4 is 0 Å². The molecule has 3 heteroatoms. The summed E-state index contributed by atoms with van der Waals surface area (Å²) in [6, 6.07) is 2.02. The van der Waals surface area contributed by atoms with Gasteiger partial charge in [0.25, 0.3) is 0 Å². The van der Waals surface area contributed by atoms with Crippen molar-refractivity contribution in [3.05, 3.63) is 0 Å². The topological polar surface area (TPSA) is 53.2 Å². The van der Waals surface area contributed by atoms with Crippen LogP contribution < -0.4 is 0 Å². The Balaban J connectivity index is 2.42. The zero-order chi connectivity index (χ0) is 7.56. The van der Waals surface area contributed by atoms with Crippen LogP contribution in [-0.4, -0.2) is 23.4 Å². The zero-order valence-corrected chi connectivity index (χ0v) is 5.95. The van der Waals surface area contributed by atoms with Crippen LogP contribution in [0.2, 0.25) is 0 Å². The van der Waals surface area contributed by atoms with Gasteiger partial charge in [0.05, 0.1) is 18.3 Å². The normalized spacial score (nSPS) is 40.7. The van der Waals surface area contributed by atoms with Crippen molar-refractivity contribution in [3.63, 3.8) is 0 Å². The van der Waals surface area contributed by atoms with Crippen molar-refractivity contribution in [2.45, 2.75) is 38.1 Å². The van der Waals surface area contributed by atoms with Crippen LogP contribution in [0.1, 0.15) is 19.8 Å². The van der Waals surface area contributed by atoms with E-state index in [9.17, 15) is 0 Å². The fourth-order valence-electron chi connectivity index (χ4n) is 1.07. The lowest BCUT2D eigenvalue weighted by Gasteiger charge is -2.27. The van der Waals surface area contributed by atoms with Crippen LogP contribution in [0.4, 0.5) is 0 Å². The fourth-order valence-corrected chi connectivity index (χ4v) is 1.07. The Morgan fingerprint density at radius 2 is 2.30 bits per heavy atom. The Morgan fingerprint density at radius 3 is 2.80 bits per heavy atom. The van der Waals surface area contributed by atoms with E-state index in [2.05, 4.69) is 0 Å². The average molecular weight is 141 g/mol. The monoisotopic (exact) mass is 141 g/mol. The van der Waals surface area contributed by atoms with Crippen LogP contribution in [0.15, 0.2) is 0 Å². The molecule has 1 N–H and O–H groups in total. The summed E-state index contributed by atoms with van der Waals surface area (Å²) in [5.41, 5.74) is 0. The lowest BCUT2D eigenvalue weighted by molar-refractivity contribution is -0.0883. The molecule has 0 aromatic carbocycles. The molecule has 3 nitrogen and oxygen atoms in total. The van der Waals surface area contributed by atoms with Crippen molar-refractivity contribution in [1.82, 2.24) is 0 Å². The third kappa shape index (κ3) is 1.47. The number of aliphatic hydroxyl groups is 1. The van der Waals surface area contributed by atoms with Gasteiger partial charge < -0.3 is 9.84 Å². The van der Waals surface area contributed by atoms with E-state index in [-0.39, 0.29) is 18.3 Å². The summed E-state index contributed by atoms with van der Waals surface area (Å²) in [6.45, 7) is 1.79. The van der Waals surface area contributed by atoms with Crippen molar-refractivity contribution in [2.24, 2.45) is 0 Å². The highest BCUT2D eigenvalue weighted by molar-refractivity contribution is 4.89. The van der Waals surface area contributed by atoms with Gasteiger partial charge in [-0.15, -0.1) is 0 Å². The Hall–Kier alpha value is -0.590. The maximum absolute atomic E-state index is 9.16. The summed E-state index contributed by atoms with van der Waals surface area (Å²) in [6.07, 6.45) is 0.461. The van der Waals surface area contributed by atoms with Crippen molar-refractivity contribution in [1.29, 1.82) is 5.26 Å². The van der Waals surface area contributed by atoms with E-state index < -0.39 is 0 Å². The third-order valence-electron chi connectivity index (χ3n) is 1.79. The first kappa shape index (κ1) is 7.52. The van der Waals surface area contributed by atoms with E-state index in [1.54, 1.807) is 6.92 Å². The standard InChI is InChI=1S/C7H11NO2/c1-5-7(9)3-2-6(4-8)10-5/h5-7,9H,2-3H2,1H3/t5-,6-,7+/m0/s1. The molecule has 1 aliphatic heterocycles. The van der Waals surface area contributed by atoms with Gasteiger partial charge in [0.2, 0.25) is 0 Å². The first-order valence-electron chi connectivity index (χ1n) is 3.47. The van der Waals surface area contributed by atoms with Gasteiger partial charge in [-0.05, 0) is 19.8 Å². The van der Waals surface area contributed by atoms with Crippen LogP contribution in [0, 0.1) is 11.3 Å². The van der Waals surface area contributed by atoms with Gasteiger partial charge in [0.15, 0.2) is 0 Å². The van der Waals surface area contributed by atoms with Gasteiger partial charge in [-0.2, -0.15) is 5.26 Å². The average Bonchev–Trinajstić information content (AvgIpc) is 1.95. The van der Waals surface area contributed by atoms with E-state index in [1.165, 1.54) is 0 Å². The molecule has 1 saturated heterocycles. The van der Waals surface area contributed by atoms with Crippen molar-refractivity contribution in [2.75, 3.05) is 0 Å². The summed E-state index contributed by atoms with van der Waals surface area (Å²) >= 11 is 0. The molecule has 0 amide bonds. The molecule has 56 valence electrons. The maximum atomic E-state index is 9.16. The first-order valence-corrected chi connectivity index (χ1v) is 3.47. The van der Waals surface area contributed by atoms with E-state index in [0.29, 0.717) is 12.8 Å². The number of rotatable bonds is 0. The fraction of sp³-hybridized carbons (Fsp3) is 0.857. The highest BCUT2D eigenvalue weighted by Crippen LogP contribution is 2.18. The molecule has 0 saturated carbocycles. The van der Waals surface area contributed by atoms with Crippen LogP contribution in [0.3, 0.4) is 0 Å². The molecule has 10 heavy (non-hydrogen) atoms. The molecule has 1 aliphatic rings. The lowest BCUT2D eigenvalue weighted by Crippen LogP contribution is -2.35. The minimum absolute atomic E-state index is 0.182. The van der Waals surface area contributed by atoms with Gasteiger partial charge >= 0.3 is 0 Å². The molecular formula is C7H11NO2. The van der Waals surface area contributed by atoms with E-state index in [4.69, 9.17) is 15.1 Å². The number of nitrogens with zero attached hydrogens (tertiary/aromatic N) is 1. The molecule has 1 rings (SSSR count). The molecule has 0 unspecified atom stereocenters. The molecule has 3 atom stereocenters. The molecule has 0 bridgehead atoms. The Morgan fingerprint density at radius 1 is 1.60 bits per heavy atom. The first-order chi connectivity index (χ1) is 4.74. The molecule has 0 radical (unpaired) electrons. The second-order valence-corrected chi connectivity index (χ2v) is 2.60. The van der Waals surface area contributed by atoms with Crippen molar-refractivity contribution < 1.29 is 9.84 Å². The maximum Gasteiger partial charge on any atom is 0.144 e. The molecular weight excluding hydrogens is 130 g/mol. The smallest absolute Gasteiger partial charge is 0.144 e. The van der Waals surface area contributed by atoms with Gasteiger partial charge in [-0.1, -0.05) is 0 Å². The van der Waals surface area contributed by atoms with Crippen LogP contribution in [0.5, 0.6) is 0 Å². The summed E-state index contributed by atoms with van der Waals surface area (Å²) in [5, 5.41) is 17.6. The zero-order valence-electron chi connectivity index (χ0n) is 5.95. The molecule has 0 aromatic heterocycles. The summed E-state index contributed by atoms with van der Waals surface area (Å²) in [5.74, 6) is 0. The molecule has 0 spiro atoms. The van der Waals surface area contributed by atoms with Gasteiger partial charge in [-0.3, -0.25) is 0 Å². The molecule has 1 fully saturated rings. The minimum atomic E-state index is -0.385. The number of hydrogen-bond acceptors (Lipinski definition) is 3. The predicted molar refractivity (Wildman–Crippen MR) is 35.2 cm³/mol. The minimum Gasteiger partial charge on any atom is -0.390 e. The third-order valence-corrected chi connectivity index (χ3v) is 1.79. The van der Waals surface area contributed by atoms with E-state index >= 15 is 0 Å². The Kier molecular flexibility index (Phi) is 2.25. The van der Waals surface area contributed by atoms with Crippen LogP contribution in [-0.2, 0) is 4.74 Å². The second kappa shape index (κ2) is 3.00. The molecule has 1 heterocycles. The summed E-state index contributed by atoms with van der Waals surface area (Å²) in [4.78, 5) is 0. The van der Waals surface area contributed by atoms with E-state index in [1.807, 2.05) is 6.07 Å². The number of ether oxygens (including phenoxy) is 1. The molecule has 0 aromatic rings. The Labute approximate surface area is 60.2 Å². The SMILES string of the molecule is C[C@@H]1O[C@H](C#N)CC[C@H]1O. The summed E-state index contributed by atoms with van der Waals surface area (Å²) < 4.78 is 5.14. The quantitative estimate of drug-likeness (QED) is 0.532. The van der Waals surface area contributed by atoms with E-state index in [0.717, 1.165) is 0 Å². The van der Waals surface area contributed by atoms with Crippen LogP contribution in [0.25, 0.3) is 0 Å². The van der Waals surface area contributed by atoms with Crippen LogP contribution >= 0.6 is 0 Å².